The molecule has 0 heterocycles. The Kier molecular flexibility index (Phi) is 8.98. The first-order valence-electron chi connectivity index (χ1n) is 5.27. The smallest absolute Gasteiger partial charge is 0.169 e. The second-order valence-corrected chi connectivity index (χ2v) is 3.54. The Morgan fingerprint density at radius 3 is 2.64 bits per heavy atom. The van der Waals surface area contributed by atoms with Crippen LogP contribution in [0.25, 0.3) is 0 Å². The summed E-state index contributed by atoms with van der Waals surface area (Å²) in [5, 5.41) is 4.09. The zero-order valence-electron chi connectivity index (χ0n) is 9.51. The van der Waals surface area contributed by atoms with E-state index in [9.17, 15) is 0 Å². The Bertz CT molecular complexity index is 153. The van der Waals surface area contributed by atoms with E-state index in [1.54, 1.807) is 7.11 Å². The van der Waals surface area contributed by atoms with Gasteiger partial charge in [0.25, 0.3) is 0 Å². The van der Waals surface area contributed by atoms with Crippen LogP contribution in [0.15, 0.2) is 0 Å². The minimum absolute atomic E-state index is 0.726. The minimum atomic E-state index is 0.726. The summed E-state index contributed by atoms with van der Waals surface area (Å²) in [6.45, 7) is 7.77. The lowest BCUT2D eigenvalue weighted by atomic mass is 10.3. The summed E-state index contributed by atoms with van der Waals surface area (Å²) >= 11 is 5.26. The van der Waals surface area contributed by atoms with Crippen molar-refractivity contribution >= 4 is 17.3 Å². The molecule has 0 rings (SSSR count). The third-order valence-corrected chi connectivity index (χ3v) is 2.44. The maximum absolute atomic E-state index is 5.26. The molecule has 1 N–H and O–H groups in total. The Morgan fingerprint density at radius 1 is 1.43 bits per heavy atom. The topological polar surface area (TPSA) is 24.5 Å². The van der Waals surface area contributed by atoms with E-state index >= 15 is 0 Å². The molecular weight excluding hydrogens is 196 g/mol. The fraction of sp³-hybridized carbons (Fsp3) is 0.900. The third kappa shape index (κ3) is 6.16. The molecule has 0 aromatic carbocycles. The van der Waals surface area contributed by atoms with Gasteiger partial charge in [-0.25, -0.2) is 0 Å². The van der Waals surface area contributed by atoms with Gasteiger partial charge in [0.05, 0.1) is 6.61 Å². The number of methoxy groups -OCH3 is 1. The lowest BCUT2D eigenvalue weighted by Crippen LogP contribution is -2.41. The highest BCUT2D eigenvalue weighted by Gasteiger charge is 2.05. The van der Waals surface area contributed by atoms with Crippen molar-refractivity contribution in [3.8, 4) is 0 Å². The normalized spacial score (nSPS) is 9.93. The van der Waals surface area contributed by atoms with Crippen LogP contribution < -0.4 is 5.32 Å². The molecule has 0 radical (unpaired) electrons. The molecule has 14 heavy (non-hydrogen) atoms. The van der Waals surface area contributed by atoms with E-state index in [4.69, 9.17) is 17.0 Å². The number of nitrogens with zero attached hydrogens (tertiary/aromatic N) is 1. The first-order chi connectivity index (χ1) is 6.76. The van der Waals surface area contributed by atoms with E-state index in [0.29, 0.717) is 0 Å². The van der Waals surface area contributed by atoms with Gasteiger partial charge < -0.3 is 15.0 Å². The summed E-state index contributed by atoms with van der Waals surface area (Å²) in [6, 6.07) is 0. The molecular formula is C10H22N2OS. The number of ether oxygens (including phenoxy) is 1. The van der Waals surface area contributed by atoms with Gasteiger partial charge in [0, 0.05) is 26.7 Å². The van der Waals surface area contributed by atoms with Crippen LogP contribution in [-0.4, -0.2) is 43.4 Å². The minimum Gasteiger partial charge on any atom is -0.383 e. The number of hydrogen-bond donors (Lipinski definition) is 1. The van der Waals surface area contributed by atoms with Crippen molar-refractivity contribution in [2.45, 2.75) is 26.7 Å². The molecule has 0 atom stereocenters. The molecule has 3 nitrogen and oxygen atoms in total. The molecule has 84 valence electrons. The van der Waals surface area contributed by atoms with Crippen LogP contribution in [0.1, 0.15) is 26.7 Å². The van der Waals surface area contributed by atoms with Gasteiger partial charge in [-0.1, -0.05) is 13.3 Å². The zero-order valence-corrected chi connectivity index (χ0v) is 10.3. The second-order valence-electron chi connectivity index (χ2n) is 3.16. The summed E-state index contributed by atoms with van der Waals surface area (Å²) < 4.78 is 5.02. The molecule has 0 aliphatic carbocycles. The van der Waals surface area contributed by atoms with Gasteiger partial charge >= 0.3 is 0 Å². The predicted molar refractivity (Wildman–Crippen MR) is 64.6 cm³/mol. The van der Waals surface area contributed by atoms with Gasteiger partial charge in [-0.2, -0.15) is 0 Å². The van der Waals surface area contributed by atoms with E-state index in [2.05, 4.69) is 24.1 Å². The van der Waals surface area contributed by atoms with E-state index in [1.165, 1.54) is 12.8 Å². The lowest BCUT2D eigenvalue weighted by Gasteiger charge is -2.23. The number of thiocarbonyl (C=S) groups is 1. The summed E-state index contributed by atoms with van der Waals surface area (Å²) in [4.78, 5) is 2.12. The van der Waals surface area contributed by atoms with Crippen LogP contribution in [-0.2, 0) is 4.74 Å². The standard InChI is InChI=1S/C10H22N2OS/c1-4-6-7-11-10(14)12(5-2)8-9-13-3/h4-9H2,1-3H3,(H,11,14). The number of likely N-dealkylation sites (N-methyl/N-ethyl adjacent to an activating group) is 1. The van der Waals surface area contributed by atoms with Gasteiger partial charge in [0.2, 0.25) is 0 Å². The van der Waals surface area contributed by atoms with Crippen LogP contribution in [0.5, 0.6) is 0 Å². The van der Waals surface area contributed by atoms with Gasteiger partial charge in [0.1, 0.15) is 0 Å². The Balaban J connectivity index is 3.67. The van der Waals surface area contributed by atoms with Gasteiger partial charge in [-0.15, -0.1) is 0 Å². The van der Waals surface area contributed by atoms with E-state index in [0.717, 1.165) is 31.4 Å². The van der Waals surface area contributed by atoms with Crippen molar-refractivity contribution in [2.75, 3.05) is 33.4 Å². The fourth-order valence-electron chi connectivity index (χ4n) is 1.09. The first kappa shape index (κ1) is 13.7. The largest absolute Gasteiger partial charge is 0.383 e. The molecule has 4 heteroatoms. The highest BCUT2D eigenvalue weighted by Crippen LogP contribution is 1.91. The van der Waals surface area contributed by atoms with E-state index in [1.807, 2.05) is 0 Å². The molecule has 0 spiro atoms. The van der Waals surface area contributed by atoms with Crippen LogP contribution in [0.2, 0.25) is 0 Å². The lowest BCUT2D eigenvalue weighted by molar-refractivity contribution is 0.177. The molecule has 0 saturated heterocycles. The Morgan fingerprint density at radius 2 is 2.14 bits per heavy atom. The highest BCUT2D eigenvalue weighted by atomic mass is 32.1. The summed E-state index contributed by atoms with van der Waals surface area (Å²) in [5.41, 5.74) is 0. The van der Waals surface area contributed by atoms with Gasteiger partial charge in [0.15, 0.2) is 5.11 Å². The summed E-state index contributed by atoms with van der Waals surface area (Å²) in [7, 11) is 1.71. The van der Waals surface area contributed by atoms with Crippen LogP contribution >= 0.6 is 12.2 Å². The van der Waals surface area contributed by atoms with Crippen LogP contribution in [0.4, 0.5) is 0 Å². The van der Waals surface area contributed by atoms with Crippen molar-refractivity contribution in [3.63, 3.8) is 0 Å². The van der Waals surface area contributed by atoms with Gasteiger partial charge in [-0.3, -0.25) is 0 Å². The molecule has 0 aromatic heterocycles. The molecule has 0 saturated carbocycles. The summed E-state index contributed by atoms with van der Waals surface area (Å²) in [6.07, 6.45) is 2.36. The quantitative estimate of drug-likeness (QED) is 0.518. The zero-order chi connectivity index (χ0) is 10.8. The maximum atomic E-state index is 5.26. The number of hydrogen-bond acceptors (Lipinski definition) is 2. The fourth-order valence-corrected chi connectivity index (χ4v) is 1.41. The molecule has 0 bridgehead atoms. The first-order valence-corrected chi connectivity index (χ1v) is 5.68. The van der Waals surface area contributed by atoms with Crippen molar-refractivity contribution in [1.29, 1.82) is 0 Å². The number of unbranched alkanes of at least 4 members (excludes halogenated alkanes) is 1. The van der Waals surface area contributed by atoms with Gasteiger partial charge in [-0.05, 0) is 25.6 Å². The van der Waals surface area contributed by atoms with E-state index < -0.39 is 0 Å². The van der Waals surface area contributed by atoms with Crippen molar-refractivity contribution in [1.82, 2.24) is 10.2 Å². The predicted octanol–water partition coefficient (Wildman–Crippen LogP) is 1.63. The average Bonchev–Trinajstić information content (AvgIpc) is 2.19. The maximum Gasteiger partial charge on any atom is 0.169 e. The van der Waals surface area contributed by atoms with Crippen LogP contribution in [0, 0.1) is 0 Å². The SMILES string of the molecule is CCCCNC(=S)N(CC)CCOC. The van der Waals surface area contributed by atoms with Crippen molar-refractivity contribution in [3.05, 3.63) is 0 Å². The monoisotopic (exact) mass is 218 g/mol. The van der Waals surface area contributed by atoms with Crippen molar-refractivity contribution < 1.29 is 4.74 Å². The molecule has 0 aliphatic heterocycles. The molecule has 0 aliphatic rings. The second kappa shape index (κ2) is 9.21. The molecule has 0 unspecified atom stereocenters. The molecule has 0 fully saturated rings. The number of rotatable bonds is 7. The Hall–Kier alpha value is -0.350. The van der Waals surface area contributed by atoms with Crippen LogP contribution in [0.3, 0.4) is 0 Å². The Labute approximate surface area is 92.8 Å². The van der Waals surface area contributed by atoms with Crippen molar-refractivity contribution in [2.24, 2.45) is 0 Å². The number of nitrogens with one attached hydrogen (secondary N) is 1. The highest BCUT2D eigenvalue weighted by molar-refractivity contribution is 7.80. The molecule has 0 amide bonds. The molecule has 0 aromatic rings. The van der Waals surface area contributed by atoms with E-state index in [-0.39, 0.29) is 0 Å². The average molecular weight is 218 g/mol. The third-order valence-electron chi connectivity index (χ3n) is 2.04. The summed E-state index contributed by atoms with van der Waals surface area (Å²) in [5.74, 6) is 0.